The van der Waals surface area contributed by atoms with Gasteiger partial charge in [-0.1, -0.05) is 25.0 Å². The molecule has 0 rings (SSSR count). The molecular formula is C10H19NO2. The van der Waals surface area contributed by atoms with Crippen molar-refractivity contribution in [3.63, 3.8) is 0 Å². The van der Waals surface area contributed by atoms with Gasteiger partial charge in [-0.3, -0.25) is 4.79 Å². The second-order valence-electron chi connectivity index (χ2n) is 3.37. The average Bonchev–Trinajstić information content (AvgIpc) is 2.02. The highest BCUT2D eigenvalue weighted by molar-refractivity contribution is 5.73. The SMILES string of the molecule is CCCC(NCC=C(C)C)C(=O)O. The van der Waals surface area contributed by atoms with Gasteiger partial charge in [0.05, 0.1) is 0 Å². The molecule has 0 aromatic carbocycles. The van der Waals surface area contributed by atoms with Crippen LogP contribution in [0.1, 0.15) is 33.6 Å². The maximum atomic E-state index is 10.7. The first kappa shape index (κ1) is 12.2. The van der Waals surface area contributed by atoms with E-state index in [-0.39, 0.29) is 0 Å². The summed E-state index contributed by atoms with van der Waals surface area (Å²) in [5.41, 5.74) is 1.20. The molecule has 1 unspecified atom stereocenters. The Hall–Kier alpha value is -0.830. The fourth-order valence-electron chi connectivity index (χ4n) is 1.01. The summed E-state index contributed by atoms with van der Waals surface area (Å²) in [6.45, 7) is 6.62. The van der Waals surface area contributed by atoms with Gasteiger partial charge >= 0.3 is 5.97 Å². The van der Waals surface area contributed by atoms with Crippen molar-refractivity contribution in [2.75, 3.05) is 6.54 Å². The van der Waals surface area contributed by atoms with Crippen LogP contribution in [-0.4, -0.2) is 23.7 Å². The van der Waals surface area contributed by atoms with Crippen LogP contribution in [0.2, 0.25) is 0 Å². The topological polar surface area (TPSA) is 49.3 Å². The van der Waals surface area contributed by atoms with Crippen molar-refractivity contribution in [2.45, 2.75) is 39.7 Å². The molecule has 0 aliphatic rings. The molecule has 0 aliphatic carbocycles. The second kappa shape index (κ2) is 6.66. The lowest BCUT2D eigenvalue weighted by molar-refractivity contribution is -0.139. The van der Waals surface area contributed by atoms with Crippen molar-refractivity contribution in [3.05, 3.63) is 11.6 Å². The van der Waals surface area contributed by atoms with E-state index in [4.69, 9.17) is 5.11 Å². The summed E-state index contributed by atoms with van der Waals surface area (Å²) in [5, 5.41) is 11.8. The molecule has 2 N–H and O–H groups in total. The third-order valence-corrected chi connectivity index (χ3v) is 1.75. The smallest absolute Gasteiger partial charge is 0.320 e. The van der Waals surface area contributed by atoms with Crippen LogP contribution in [0.4, 0.5) is 0 Å². The van der Waals surface area contributed by atoms with E-state index in [1.165, 1.54) is 5.57 Å². The Bertz CT molecular complexity index is 183. The van der Waals surface area contributed by atoms with E-state index in [1.807, 2.05) is 26.8 Å². The van der Waals surface area contributed by atoms with Crippen molar-refractivity contribution in [1.82, 2.24) is 5.32 Å². The predicted molar refractivity (Wildman–Crippen MR) is 53.8 cm³/mol. The first-order valence-electron chi connectivity index (χ1n) is 4.67. The number of nitrogens with one attached hydrogen (secondary N) is 1. The van der Waals surface area contributed by atoms with Crippen LogP contribution >= 0.6 is 0 Å². The Morgan fingerprint density at radius 3 is 2.54 bits per heavy atom. The Labute approximate surface area is 79.8 Å². The van der Waals surface area contributed by atoms with Gasteiger partial charge in [-0.25, -0.2) is 0 Å². The zero-order valence-corrected chi connectivity index (χ0v) is 8.63. The van der Waals surface area contributed by atoms with Gasteiger partial charge in [0, 0.05) is 6.54 Å². The molecule has 0 radical (unpaired) electrons. The highest BCUT2D eigenvalue weighted by atomic mass is 16.4. The molecule has 0 saturated carbocycles. The first-order chi connectivity index (χ1) is 6.07. The van der Waals surface area contributed by atoms with Gasteiger partial charge in [0.15, 0.2) is 0 Å². The van der Waals surface area contributed by atoms with Gasteiger partial charge in [0.25, 0.3) is 0 Å². The fourth-order valence-corrected chi connectivity index (χ4v) is 1.01. The second-order valence-corrected chi connectivity index (χ2v) is 3.37. The van der Waals surface area contributed by atoms with E-state index in [1.54, 1.807) is 0 Å². The normalized spacial score (nSPS) is 12.2. The molecule has 0 amide bonds. The number of carboxylic acids is 1. The predicted octanol–water partition coefficient (Wildman–Crippen LogP) is 1.80. The quantitative estimate of drug-likeness (QED) is 0.620. The van der Waals surface area contributed by atoms with Crippen LogP contribution in [0.3, 0.4) is 0 Å². The number of aliphatic carboxylic acids is 1. The Morgan fingerprint density at radius 1 is 1.54 bits per heavy atom. The lowest BCUT2D eigenvalue weighted by Gasteiger charge is -2.11. The molecule has 1 atom stereocenters. The first-order valence-corrected chi connectivity index (χ1v) is 4.67. The summed E-state index contributed by atoms with van der Waals surface area (Å²) in [4.78, 5) is 10.7. The molecule has 3 heteroatoms. The standard InChI is InChI=1S/C10H19NO2/c1-4-5-9(10(12)13)11-7-6-8(2)3/h6,9,11H,4-5,7H2,1-3H3,(H,12,13). The summed E-state index contributed by atoms with van der Waals surface area (Å²) in [5.74, 6) is -0.760. The van der Waals surface area contributed by atoms with E-state index >= 15 is 0 Å². The zero-order valence-electron chi connectivity index (χ0n) is 8.63. The van der Waals surface area contributed by atoms with Crippen LogP contribution in [0.25, 0.3) is 0 Å². The van der Waals surface area contributed by atoms with Gasteiger partial charge in [0.2, 0.25) is 0 Å². The van der Waals surface area contributed by atoms with Gasteiger partial charge in [0.1, 0.15) is 6.04 Å². The monoisotopic (exact) mass is 185 g/mol. The molecule has 0 aromatic heterocycles. The average molecular weight is 185 g/mol. The minimum atomic E-state index is -0.760. The molecule has 0 heterocycles. The van der Waals surface area contributed by atoms with Crippen molar-refractivity contribution in [3.8, 4) is 0 Å². The summed E-state index contributed by atoms with van der Waals surface area (Å²) in [6, 6.07) is -0.402. The van der Waals surface area contributed by atoms with Gasteiger partial charge in [-0.2, -0.15) is 0 Å². The minimum absolute atomic E-state index is 0.402. The van der Waals surface area contributed by atoms with E-state index in [0.29, 0.717) is 13.0 Å². The Kier molecular flexibility index (Phi) is 6.24. The Balaban J connectivity index is 3.83. The molecule has 0 spiro atoms. The highest BCUT2D eigenvalue weighted by Gasteiger charge is 2.13. The van der Waals surface area contributed by atoms with Crippen molar-refractivity contribution < 1.29 is 9.90 Å². The van der Waals surface area contributed by atoms with Gasteiger partial charge in [-0.15, -0.1) is 0 Å². The van der Waals surface area contributed by atoms with Crippen molar-refractivity contribution in [1.29, 1.82) is 0 Å². The number of carbonyl (C=O) groups is 1. The summed E-state index contributed by atoms with van der Waals surface area (Å²) in [7, 11) is 0. The number of hydrogen-bond donors (Lipinski definition) is 2. The number of rotatable bonds is 6. The third-order valence-electron chi connectivity index (χ3n) is 1.75. The van der Waals surface area contributed by atoms with Gasteiger partial charge < -0.3 is 10.4 Å². The van der Waals surface area contributed by atoms with Crippen molar-refractivity contribution >= 4 is 5.97 Å². The van der Waals surface area contributed by atoms with Crippen LogP contribution in [-0.2, 0) is 4.79 Å². The minimum Gasteiger partial charge on any atom is -0.480 e. The number of carboxylic acid groups (broad SMARTS) is 1. The molecule has 0 aromatic rings. The molecule has 3 nitrogen and oxygen atoms in total. The molecule has 13 heavy (non-hydrogen) atoms. The lowest BCUT2D eigenvalue weighted by Crippen LogP contribution is -2.36. The molecule has 0 bridgehead atoms. The largest absolute Gasteiger partial charge is 0.480 e. The summed E-state index contributed by atoms with van der Waals surface area (Å²) >= 11 is 0. The van der Waals surface area contributed by atoms with E-state index < -0.39 is 12.0 Å². The van der Waals surface area contributed by atoms with Crippen LogP contribution < -0.4 is 5.32 Å². The maximum absolute atomic E-state index is 10.7. The Morgan fingerprint density at radius 2 is 2.15 bits per heavy atom. The van der Waals surface area contributed by atoms with E-state index in [2.05, 4.69) is 5.32 Å². The summed E-state index contributed by atoms with van der Waals surface area (Å²) < 4.78 is 0. The van der Waals surface area contributed by atoms with Crippen LogP contribution in [0.5, 0.6) is 0 Å². The summed E-state index contributed by atoms with van der Waals surface area (Å²) in [6.07, 6.45) is 3.57. The van der Waals surface area contributed by atoms with E-state index in [9.17, 15) is 4.79 Å². The highest BCUT2D eigenvalue weighted by Crippen LogP contribution is 1.96. The molecule has 0 fully saturated rings. The van der Waals surface area contributed by atoms with Crippen LogP contribution in [0.15, 0.2) is 11.6 Å². The van der Waals surface area contributed by atoms with Crippen LogP contribution in [0, 0.1) is 0 Å². The number of hydrogen-bond acceptors (Lipinski definition) is 2. The maximum Gasteiger partial charge on any atom is 0.320 e. The number of allylic oxidation sites excluding steroid dienone is 1. The molecule has 0 aliphatic heterocycles. The third kappa shape index (κ3) is 6.34. The molecule has 0 saturated heterocycles. The molecule has 76 valence electrons. The van der Waals surface area contributed by atoms with Crippen molar-refractivity contribution in [2.24, 2.45) is 0 Å². The zero-order chi connectivity index (χ0) is 10.3. The van der Waals surface area contributed by atoms with E-state index in [0.717, 1.165) is 6.42 Å². The molecular weight excluding hydrogens is 166 g/mol. The lowest BCUT2D eigenvalue weighted by atomic mass is 10.1. The van der Waals surface area contributed by atoms with Gasteiger partial charge in [-0.05, 0) is 20.3 Å². The fraction of sp³-hybridized carbons (Fsp3) is 0.700.